The number of halogens is 2. The summed E-state index contributed by atoms with van der Waals surface area (Å²) in [6, 6.07) is 9.36. The molecule has 29 heavy (non-hydrogen) atoms. The van der Waals surface area contributed by atoms with Crippen LogP contribution in [0.2, 0.25) is 0 Å². The molecule has 3 rings (SSSR count). The SMILES string of the molecule is C=C(C)COc1c(I)cc(/C=C2/N=C(c3cccc(F)c3)OC2=O)cc1OCC. The molecular weight excluding hydrogens is 488 g/mol. The van der Waals surface area contributed by atoms with Crippen molar-refractivity contribution >= 4 is 40.5 Å². The number of cyclic esters (lactones) is 1. The van der Waals surface area contributed by atoms with E-state index >= 15 is 0 Å². The Balaban J connectivity index is 1.94. The Morgan fingerprint density at radius 1 is 1.31 bits per heavy atom. The molecule has 0 saturated carbocycles. The Hall–Kier alpha value is -2.68. The highest BCUT2D eigenvalue weighted by Gasteiger charge is 2.24. The summed E-state index contributed by atoms with van der Waals surface area (Å²) in [5.74, 6) is 0.227. The number of esters is 1. The number of carbonyl (C=O) groups excluding carboxylic acids is 1. The maximum Gasteiger partial charge on any atom is 0.363 e. The third-order valence-corrected chi connectivity index (χ3v) is 4.59. The fraction of sp³-hybridized carbons (Fsp3) is 0.182. The number of nitrogens with zero attached hydrogens (tertiary/aromatic N) is 1. The zero-order valence-corrected chi connectivity index (χ0v) is 18.2. The lowest BCUT2D eigenvalue weighted by Gasteiger charge is -2.14. The van der Waals surface area contributed by atoms with Crippen molar-refractivity contribution in [1.82, 2.24) is 0 Å². The van der Waals surface area contributed by atoms with Gasteiger partial charge in [0.25, 0.3) is 0 Å². The maximum absolute atomic E-state index is 13.4. The van der Waals surface area contributed by atoms with Gasteiger partial charge in [0.15, 0.2) is 17.2 Å². The molecule has 1 heterocycles. The van der Waals surface area contributed by atoms with Crippen LogP contribution in [-0.4, -0.2) is 25.1 Å². The number of ether oxygens (including phenoxy) is 3. The third kappa shape index (κ3) is 5.23. The summed E-state index contributed by atoms with van der Waals surface area (Å²) in [5, 5.41) is 0. The number of aliphatic imine (C=N–C) groups is 1. The van der Waals surface area contributed by atoms with E-state index in [1.54, 1.807) is 18.2 Å². The van der Waals surface area contributed by atoms with Gasteiger partial charge in [-0.05, 0) is 84.0 Å². The van der Waals surface area contributed by atoms with Gasteiger partial charge in [-0.15, -0.1) is 0 Å². The Kier molecular flexibility index (Phi) is 6.68. The lowest BCUT2D eigenvalue weighted by atomic mass is 10.1. The van der Waals surface area contributed by atoms with Gasteiger partial charge in [-0.2, -0.15) is 0 Å². The normalized spacial score (nSPS) is 14.6. The molecule has 0 unspecified atom stereocenters. The first-order chi connectivity index (χ1) is 13.9. The smallest absolute Gasteiger partial charge is 0.363 e. The number of hydrogen-bond donors (Lipinski definition) is 0. The van der Waals surface area contributed by atoms with Crippen LogP contribution in [0, 0.1) is 9.39 Å². The molecule has 2 aromatic carbocycles. The standard InChI is InChI=1S/C22H19FINO4/c1-4-27-19-10-14(8-17(24)20(19)28-12-13(2)3)9-18-22(26)29-21(25-18)15-6-5-7-16(23)11-15/h5-11H,2,4,12H2,1,3H3/b18-9+. The highest BCUT2D eigenvalue weighted by atomic mass is 127. The molecule has 0 bridgehead atoms. The van der Waals surface area contributed by atoms with Gasteiger partial charge in [-0.25, -0.2) is 14.2 Å². The minimum atomic E-state index is -0.597. The largest absolute Gasteiger partial charge is 0.490 e. The molecule has 5 nitrogen and oxygen atoms in total. The highest BCUT2D eigenvalue weighted by molar-refractivity contribution is 14.1. The lowest BCUT2D eigenvalue weighted by molar-refractivity contribution is -0.129. The van der Waals surface area contributed by atoms with E-state index in [4.69, 9.17) is 14.2 Å². The van der Waals surface area contributed by atoms with Crippen LogP contribution in [0.15, 0.2) is 59.2 Å². The molecule has 0 N–H and O–H groups in total. The van der Waals surface area contributed by atoms with Crippen LogP contribution in [0.5, 0.6) is 11.5 Å². The second-order valence-electron chi connectivity index (χ2n) is 6.36. The van der Waals surface area contributed by atoms with Gasteiger partial charge in [0.2, 0.25) is 5.90 Å². The predicted molar refractivity (Wildman–Crippen MR) is 118 cm³/mol. The number of hydrogen-bond acceptors (Lipinski definition) is 5. The molecule has 0 atom stereocenters. The average molecular weight is 507 g/mol. The average Bonchev–Trinajstić information content (AvgIpc) is 3.02. The Morgan fingerprint density at radius 2 is 2.10 bits per heavy atom. The van der Waals surface area contributed by atoms with Gasteiger partial charge in [-0.1, -0.05) is 12.6 Å². The topological polar surface area (TPSA) is 57.1 Å². The summed E-state index contributed by atoms with van der Waals surface area (Å²) in [6.07, 6.45) is 1.60. The van der Waals surface area contributed by atoms with Crippen LogP contribution in [0.25, 0.3) is 6.08 Å². The van der Waals surface area contributed by atoms with E-state index in [1.807, 2.05) is 19.9 Å². The van der Waals surface area contributed by atoms with Crippen LogP contribution >= 0.6 is 22.6 Å². The molecule has 0 aromatic heterocycles. The van der Waals surface area contributed by atoms with E-state index in [0.29, 0.717) is 35.8 Å². The zero-order chi connectivity index (χ0) is 21.0. The molecule has 1 aliphatic heterocycles. The Morgan fingerprint density at radius 3 is 2.79 bits per heavy atom. The molecule has 0 amide bonds. The first-order valence-corrected chi connectivity index (χ1v) is 9.97. The van der Waals surface area contributed by atoms with E-state index in [2.05, 4.69) is 34.2 Å². The second-order valence-corrected chi connectivity index (χ2v) is 7.52. The molecule has 0 aliphatic carbocycles. The predicted octanol–water partition coefficient (Wildman–Crippen LogP) is 5.13. The van der Waals surface area contributed by atoms with Gasteiger partial charge in [0, 0.05) is 5.56 Å². The van der Waals surface area contributed by atoms with Crippen LogP contribution < -0.4 is 9.47 Å². The molecule has 0 radical (unpaired) electrons. The zero-order valence-electron chi connectivity index (χ0n) is 16.0. The second kappa shape index (κ2) is 9.21. The van der Waals surface area contributed by atoms with E-state index < -0.39 is 11.8 Å². The van der Waals surface area contributed by atoms with Crippen molar-refractivity contribution in [2.45, 2.75) is 13.8 Å². The van der Waals surface area contributed by atoms with Crippen LogP contribution in [0.4, 0.5) is 4.39 Å². The van der Waals surface area contributed by atoms with E-state index in [0.717, 1.165) is 9.14 Å². The monoisotopic (exact) mass is 507 g/mol. The minimum Gasteiger partial charge on any atom is -0.490 e. The summed E-state index contributed by atoms with van der Waals surface area (Å²) in [4.78, 5) is 16.4. The molecule has 0 saturated heterocycles. The molecular formula is C22H19FINO4. The minimum absolute atomic E-state index is 0.0712. The van der Waals surface area contributed by atoms with Crippen molar-refractivity contribution in [3.05, 3.63) is 74.8 Å². The Bertz CT molecular complexity index is 1030. The number of carbonyl (C=O) groups is 1. The van der Waals surface area contributed by atoms with Crippen molar-refractivity contribution in [2.75, 3.05) is 13.2 Å². The third-order valence-electron chi connectivity index (χ3n) is 3.79. The van der Waals surface area contributed by atoms with Gasteiger partial charge in [-0.3, -0.25) is 0 Å². The van der Waals surface area contributed by atoms with Crippen LogP contribution in [-0.2, 0) is 9.53 Å². The van der Waals surface area contributed by atoms with Crippen molar-refractivity contribution in [2.24, 2.45) is 4.99 Å². The summed E-state index contributed by atoms with van der Waals surface area (Å²) in [5.41, 5.74) is 2.12. The first kappa shape index (κ1) is 21.0. The molecule has 0 fully saturated rings. The maximum atomic E-state index is 13.4. The summed E-state index contributed by atoms with van der Waals surface area (Å²) >= 11 is 2.15. The van der Waals surface area contributed by atoms with Crippen molar-refractivity contribution in [3.8, 4) is 11.5 Å². The molecule has 150 valence electrons. The van der Waals surface area contributed by atoms with E-state index in [1.165, 1.54) is 18.2 Å². The molecule has 7 heteroatoms. The van der Waals surface area contributed by atoms with Crippen LogP contribution in [0.3, 0.4) is 0 Å². The van der Waals surface area contributed by atoms with Crippen molar-refractivity contribution in [3.63, 3.8) is 0 Å². The van der Waals surface area contributed by atoms with E-state index in [-0.39, 0.29) is 11.6 Å². The van der Waals surface area contributed by atoms with Crippen molar-refractivity contribution in [1.29, 1.82) is 0 Å². The molecule has 1 aliphatic rings. The fourth-order valence-electron chi connectivity index (χ4n) is 2.58. The van der Waals surface area contributed by atoms with Crippen LogP contribution in [0.1, 0.15) is 25.0 Å². The summed E-state index contributed by atoms with van der Waals surface area (Å²) in [7, 11) is 0. The van der Waals surface area contributed by atoms with Crippen molar-refractivity contribution < 1.29 is 23.4 Å². The van der Waals surface area contributed by atoms with Gasteiger partial charge in [0.05, 0.1) is 10.2 Å². The summed E-state index contributed by atoms with van der Waals surface area (Å²) < 4.78 is 31.0. The molecule has 0 spiro atoms. The number of rotatable bonds is 7. The van der Waals surface area contributed by atoms with Gasteiger partial charge < -0.3 is 14.2 Å². The summed E-state index contributed by atoms with van der Waals surface area (Å²) in [6.45, 7) is 8.44. The first-order valence-electron chi connectivity index (χ1n) is 8.89. The quantitative estimate of drug-likeness (QED) is 0.226. The van der Waals surface area contributed by atoms with Gasteiger partial charge >= 0.3 is 5.97 Å². The lowest BCUT2D eigenvalue weighted by Crippen LogP contribution is -2.05. The van der Waals surface area contributed by atoms with E-state index in [9.17, 15) is 9.18 Å². The fourth-order valence-corrected chi connectivity index (χ4v) is 3.36. The highest BCUT2D eigenvalue weighted by Crippen LogP contribution is 2.35. The number of benzene rings is 2. The Labute approximate surface area is 182 Å². The van der Waals surface area contributed by atoms with Gasteiger partial charge in [0.1, 0.15) is 12.4 Å². The molecule has 2 aromatic rings.